The van der Waals surface area contributed by atoms with E-state index in [0.29, 0.717) is 24.3 Å². The smallest absolute Gasteiger partial charge is 0.236 e. The molecule has 6 nitrogen and oxygen atoms in total. The van der Waals surface area contributed by atoms with Crippen LogP contribution in [0, 0.1) is 0 Å². The van der Waals surface area contributed by atoms with Crippen LogP contribution >= 0.6 is 0 Å². The average molecular weight is 540 g/mol. The highest BCUT2D eigenvalue weighted by atomic mass is 16.2. The molecule has 2 fully saturated rings. The number of benzene rings is 1. The summed E-state index contributed by atoms with van der Waals surface area (Å²) in [5, 5.41) is 2.47. The third kappa shape index (κ3) is 4.74. The molecule has 0 radical (unpaired) electrons. The molecule has 0 saturated carbocycles. The minimum absolute atomic E-state index is 0.217. The summed E-state index contributed by atoms with van der Waals surface area (Å²) in [7, 11) is 0. The second-order valence-corrected chi connectivity index (χ2v) is 12.4. The molecular formula is C34H45N5O. The van der Waals surface area contributed by atoms with Crippen LogP contribution in [0.1, 0.15) is 95.6 Å². The van der Waals surface area contributed by atoms with E-state index in [9.17, 15) is 4.79 Å². The van der Waals surface area contributed by atoms with Crippen molar-refractivity contribution in [2.75, 3.05) is 26.2 Å². The Hall–Kier alpha value is -3.12. The van der Waals surface area contributed by atoms with E-state index in [0.717, 1.165) is 56.4 Å². The maximum Gasteiger partial charge on any atom is 0.236 e. The number of aromatic amines is 2. The number of hydrogen-bond acceptors (Lipinski definition) is 3. The number of amides is 1. The number of aromatic nitrogens is 3. The Morgan fingerprint density at radius 2 is 1.85 bits per heavy atom. The predicted octanol–water partition coefficient (Wildman–Crippen LogP) is 7.59. The van der Waals surface area contributed by atoms with Gasteiger partial charge in [0.05, 0.1) is 12.2 Å². The molecule has 3 aromatic heterocycles. The third-order valence-corrected chi connectivity index (χ3v) is 10.1. The number of carbonyl (C=O) groups is 1. The zero-order valence-corrected chi connectivity index (χ0v) is 24.7. The predicted molar refractivity (Wildman–Crippen MR) is 165 cm³/mol. The van der Waals surface area contributed by atoms with Gasteiger partial charge in [-0.25, -0.2) is 4.98 Å². The van der Waals surface area contributed by atoms with E-state index in [1.807, 2.05) is 12.4 Å². The van der Waals surface area contributed by atoms with E-state index in [1.54, 1.807) is 0 Å². The van der Waals surface area contributed by atoms with Crippen LogP contribution in [0.4, 0.5) is 0 Å². The van der Waals surface area contributed by atoms with Gasteiger partial charge in [-0.05, 0) is 92.3 Å². The first-order valence-corrected chi connectivity index (χ1v) is 15.5. The lowest BCUT2D eigenvalue weighted by molar-refractivity contribution is -0.136. The fourth-order valence-corrected chi connectivity index (χ4v) is 7.65. The molecule has 0 atom stereocenters. The topological polar surface area (TPSA) is 68.0 Å². The Balaban J connectivity index is 1.20. The molecule has 0 bridgehead atoms. The number of nitrogens with zero attached hydrogens (tertiary/aromatic N) is 3. The van der Waals surface area contributed by atoms with Gasteiger partial charge >= 0.3 is 0 Å². The van der Waals surface area contributed by atoms with Gasteiger partial charge in [0.2, 0.25) is 5.91 Å². The largest absolute Gasteiger partial charge is 0.354 e. The second-order valence-electron chi connectivity index (χ2n) is 12.4. The van der Waals surface area contributed by atoms with Gasteiger partial charge in [-0.15, -0.1) is 0 Å². The van der Waals surface area contributed by atoms with Crippen molar-refractivity contribution >= 4 is 27.8 Å². The molecule has 2 saturated heterocycles. The van der Waals surface area contributed by atoms with Gasteiger partial charge in [0.15, 0.2) is 0 Å². The molecule has 5 heterocycles. The van der Waals surface area contributed by atoms with Crippen LogP contribution in [-0.4, -0.2) is 62.4 Å². The number of H-pyrrole nitrogens is 2. The molecule has 0 unspecified atom stereocenters. The number of likely N-dealkylation sites (tertiary alicyclic amines) is 2. The minimum Gasteiger partial charge on any atom is -0.354 e. The molecule has 40 heavy (non-hydrogen) atoms. The van der Waals surface area contributed by atoms with Crippen molar-refractivity contribution in [1.29, 1.82) is 0 Å². The quantitative estimate of drug-likeness (QED) is 0.254. The summed E-state index contributed by atoms with van der Waals surface area (Å²) in [6.45, 7) is 12.5. The van der Waals surface area contributed by atoms with Crippen molar-refractivity contribution in [3.05, 3.63) is 53.9 Å². The molecule has 2 N–H and O–H groups in total. The maximum absolute atomic E-state index is 13.4. The van der Waals surface area contributed by atoms with Gasteiger partial charge in [0.25, 0.3) is 0 Å². The number of fused-ring (bicyclic) bond motifs is 2. The molecule has 2 aliphatic rings. The van der Waals surface area contributed by atoms with Gasteiger partial charge in [0, 0.05) is 52.9 Å². The van der Waals surface area contributed by atoms with Crippen molar-refractivity contribution < 1.29 is 4.79 Å². The number of piperidine rings is 2. The Bertz CT molecular complexity index is 1480. The first-order chi connectivity index (χ1) is 19.4. The van der Waals surface area contributed by atoms with Gasteiger partial charge in [0.1, 0.15) is 5.65 Å². The molecular weight excluding hydrogens is 494 g/mol. The first kappa shape index (κ1) is 27.1. The molecule has 1 amide bonds. The maximum atomic E-state index is 13.4. The zero-order chi connectivity index (χ0) is 27.9. The average Bonchev–Trinajstić information content (AvgIpc) is 3.62. The lowest BCUT2D eigenvalue weighted by Crippen LogP contribution is -2.55. The van der Waals surface area contributed by atoms with E-state index in [2.05, 4.69) is 82.8 Å². The molecule has 6 rings (SSSR count). The van der Waals surface area contributed by atoms with Gasteiger partial charge in [-0.1, -0.05) is 40.2 Å². The van der Waals surface area contributed by atoms with Gasteiger partial charge in [-0.3, -0.25) is 9.69 Å². The fraction of sp³-hybridized carbons (Fsp3) is 0.529. The Labute approximate surface area is 238 Å². The molecule has 6 heteroatoms. The Morgan fingerprint density at radius 1 is 1.05 bits per heavy atom. The fourth-order valence-electron chi connectivity index (χ4n) is 7.65. The van der Waals surface area contributed by atoms with Crippen molar-refractivity contribution in [2.45, 2.75) is 90.0 Å². The van der Waals surface area contributed by atoms with E-state index < -0.39 is 0 Å². The minimum atomic E-state index is 0.217. The number of rotatable bonds is 7. The van der Waals surface area contributed by atoms with E-state index >= 15 is 0 Å². The summed E-state index contributed by atoms with van der Waals surface area (Å²) in [4.78, 5) is 29.6. The number of nitrogens with one attached hydrogen (secondary N) is 2. The SMILES string of the molecule is CCC1(CC)CCCCN1CC(=O)N1CCC(c2ccc3[nH]c(-c4ccnc5[nH]ccc45)c(C(C)C)c3c2)CC1. The molecule has 0 aliphatic carbocycles. The number of hydrogen-bond donors (Lipinski definition) is 2. The second kappa shape index (κ2) is 11.0. The van der Waals surface area contributed by atoms with Gasteiger partial charge < -0.3 is 14.9 Å². The van der Waals surface area contributed by atoms with Crippen molar-refractivity contribution in [3.8, 4) is 11.3 Å². The first-order valence-electron chi connectivity index (χ1n) is 15.5. The van der Waals surface area contributed by atoms with Crippen molar-refractivity contribution in [1.82, 2.24) is 24.8 Å². The summed E-state index contributed by atoms with van der Waals surface area (Å²) < 4.78 is 0. The van der Waals surface area contributed by atoms with E-state index in [4.69, 9.17) is 0 Å². The molecule has 1 aromatic carbocycles. The van der Waals surface area contributed by atoms with Crippen molar-refractivity contribution in [2.24, 2.45) is 0 Å². The molecule has 212 valence electrons. The van der Waals surface area contributed by atoms with Gasteiger partial charge in [-0.2, -0.15) is 0 Å². The van der Waals surface area contributed by atoms with Crippen molar-refractivity contribution in [3.63, 3.8) is 0 Å². The Morgan fingerprint density at radius 3 is 2.60 bits per heavy atom. The normalized spacial score (nSPS) is 18.8. The number of carbonyl (C=O) groups excluding carboxylic acids is 1. The van der Waals surface area contributed by atoms with Crippen LogP contribution in [0.25, 0.3) is 33.2 Å². The van der Waals surface area contributed by atoms with E-state index in [-0.39, 0.29) is 5.54 Å². The van der Waals surface area contributed by atoms with Crippen LogP contribution in [-0.2, 0) is 4.79 Å². The zero-order valence-electron chi connectivity index (χ0n) is 24.7. The number of pyridine rings is 1. The lowest BCUT2D eigenvalue weighted by atomic mass is 9.82. The monoisotopic (exact) mass is 539 g/mol. The van der Waals surface area contributed by atoms with Crippen LogP contribution in [0.5, 0.6) is 0 Å². The summed E-state index contributed by atoms with van der Waals surface area (Å²) >= 11 is 0. The lowest BCUT2D eigenvalue weighted by Gasteiger charge is -2.47. The third-order valence-electron chi connectivity index (χ3n) is 10.1. The highest BCUT2D eigenvalue weighted by Gasteiger charge is 2.37. The van der Waals surface area contributed by atoms with E-state index in [1.165, 1.54) is 52.5 Å². The van der Waals surface area contributed by atoms with Crippen LogP contribution in [0.2, 0.25) is 0 Å². The summed E-state index contributed by atoms with van der Waals surface area (Å²) in [5.41, 5.74) is 7.49. The summed E-state index contributed by atoms with van der Waals surface area (Å²) in [5.74, 6) is 1.20. The Kier molecular flexibility index (Phi) is 7.47. The molecule has 4 aromatic rings. The molecule has 2 aliphatic heterocycles. The standard InChI is InChI=1S/C34H45N5O/c1-5-34(6-2)15-7-8-18-39(34)22-30(40)38-19-13-24(14-20-38)25-9-10-29-28(21-25)31(23(3)4)32(37-29)26-11-16-35-33-27(26)12-17-36-33/h9-12,16-17,21,23-24,37H,5-8,13-15,18-20,22H2,1-4H3,(H,35,36). The van der Waals surface area contributed by atoms with Crippen LogP contribution in [0.3, 0.4) is 0 Å². The highest BCUT2D eigenvalue weighted by molar-refractivity contribution is 5.99. The van der Waals surface area contributed by atoms with Crippen LogP contribution < -0.4 is 0 Å². The van der Waals surface area contributed by atoms with Crippen LogP contribution in [0.15, 0.2) is 42.7 Å². The summed E-state index contributed by atoms with van der Waals surface area (Å²) in [6, 6.07) is 11.2. The highest BCUT2D eigenvalue weighted by Crippen LogP contribution is 2.40. The summed E-state index contributed by atoms with van der Waals surface area (Å²) in [6.07, 6.45) is 11.9. The molecule has 0 spiro atoms.